The first-order valence-corrected chi connectivity index (χ1v) is 7.52. The Kier molecular flexibility index (Phi) is 3.89. The number of thioether (sulfide) groups is 1. The van der Waals surface area contributed by atoms with Crippen molar-refractivity contribution in [2.24, 2.45) is 0 Å². The van der Waals surface area contributed by atoms with Gasteiger partial charge < -0.3 is 4.42 Å². The van der Waals surface area contributed by atoms with Crippen molar-refractivity contribution in [1.29, 1.82) is 0 Å². The van der Waals surface area contributed by atoms with E-state index >= 15 is 0 Å². The molecule has 21 heavy (non-hydrogen) atoms. The summed E-state index contributed by atoms with van der Waals surface area (Å²) >= 11 is 1.70. The van der Waals surface area contributed by atoms with Gasteiger partial charge in [-0.05, 0) is 30.3 Å². The quantitative estimate of drug-likeness (QED) is 0.719. The molecule has 8 heteroatoms. The van der Waals surface area contributed by atoms with Crippen molar-refractivity contribution in [3.63, 3.8) is 0 Å². The minimum atomic E-state index is -2.46. The molecule has 3 rings (SSSR count). The normalized spacial score (nSPS) is 11.2. The lowest BCUT2D eigenvalue weighted by atomic mass is 10.3. The van der Waals surface area contributed by atoms with Gasteiger partial charge in [-0.25, -0.2) is 4.98 Å². The monoisotopic (exact) mass is 326 g/mol. The minimum absolute atomic E-state index is 0.184. The molecule has 0 bridgehead atoms. The number of alkyl halides is 2. The van der Waals surface area contributed by atoms with Crippen LogP contribution in [-0.4, -0.2) is 16.6 Å². The van der Waals surface area contributed by atoms with Crippen molar-refractivity contribution in [1.82, 2.24) is 4.98 Å². The van der Waals surface area contributed by atoms with Crippen LogP contribution in [0.4, 0.5) is 13.9 Å². The molecule has 1 amide bonds. The molecule has 0 saturated carbocycles. The van der Waals surface area contributed by atoms with Crippen molar-refractivity contribution in [3.8, 4) is 0 Å². The van der Waals surface area contributed by atoms with Gasteiger partial charge in [-0.1, -0.05) is 23.1 Å². The third kappa shape index (κ3) is 3.22. The molecule has 2 aromatic heterocycles. The Hall–Kier alpha value is -1.93. The molecule has 0 aliphatic carbocycles. The number of fused-ring (bicyclic) bond motifs is 1. The highest BCUT2D eigenvalue weighted by Gasteiger charge is 2.13. The van der Waals surface area contributed by atoms with Crippen molar-refractivity contribution >= 4 is 44.4 Å². The van der Waals surface area contributed by atoms with Gasteiger partial charge in [-0.3, -0.25) is 10.1 Å². The zero-order chi connectivity index (χ0) is 14.8. The molecule has 0 spiro atoms. The molecule has 2 heterocycles. The van der Waals surface area contributed by atoms with Crippen LogP contribution in [0.1, 0.15) is 10.6 Å². The van der Waals surface area contributed by atoms with Crippen LogP contribution in [0.15, 0.2) is 45.9 Å². The number of rotatable bonds is 4. The number of furan rings is 1. The average molecular weight is 326 g/mol. The summed E-state index contributed by atoms with van der Waals surface area (Å²) in [5.41, 5.74) is 0.647. The maximum Gasteiger partial charge on any atom is 0.293 e. The molecule has 3 aromatic rings. The maximum atomic E-state index is 12.3. The minimum Gasteiger partial charge on any atom is -0.459 e. The van der Waals surface area contributed by atoms with Gasteiger partial charge in [0.05, 0.1) is 16.5 Å². The maximum absolute atomic E-state index is 12.3. The van der Waals surface area contributed by atoms with Crippen LogP contribution in [0.3, 0.4) is 0 Å². The Morgan fingerprint density at radius 3 is 2.95 bits per heavy atom. The average Bonchev–Trinajstić information content (AvgIpc) is 3.05. The number of hydrogen-bond acceptors (Lipinski definition) is 5. The predicted octanol–water partition coefficient (Wildman–Crippen LogP) is 4.46. The number of thiazole rings is 1. The lowest BCUT2D eigenvalue weighted by Crippen LogP contribution is -2.10. The summed E-state index contributed by atoms with van der Waals surface area (Å²) in [4.78, 5) is 16.5. The first kappa shape index (κ1) is 14.0. The summed E-state index contributed by atoms with van der Waals surface area (Å²) < 4.78 is 30.4. The molecule has 0 atom stereocenters. The fourth-order valence-electron chi connectivity index (χ4n) is 1.70. The molecule has 4 nitrogen and oxygen atoms in total. The number of nitrogens with one attached hydrogen (secondary N) is 1. The second-order valence-corrected chi connectivity index (χ2v) is 6.05. The molecule has 0 unspecified atom stereocenters. The lowest BCUT2D eigenvalue weighted by Gasteiger charge is -1.98. The standard InChI is InChI=1S/C13H8F2N2O2S2/c14-12(15)20-7-3-4-8-10(6-7)21-13(16-8)17-11(18)9-2-1-5-19-9/h1-6,12H,(H,16,17,18). The highest BCUT2D eigenvalue weighted by Crippen LogP contribution is 2.32. The molecule has 0 radical (unpaired) electrons. The summed E-state index contributed by atoms with van der Waals surface area (Å²) in [6, 6.07) is 8.02. The first-order valence-electron chi connectivity index (χ1n) is 5.82. The number of carbonyl (C=O) groups excluding carboxylic acids is 1. The number of aromatic nitrogens is 1. The summed E-state index contributed by atoms with van der Waals surface area (Å²) in [5.74, 6) is -2.68. The molecule has 1 aromatic carbocycles. The highest BCUT2D eigenvalue weighted by molar-refractivity contribution is 7.99. The van der Waals surface area contributed by atoms with E-state index in [1.54, 1.807) is 30.3 Å². The lowest BCUT2D eigenvalue weighted by molar-refractivity contribution is 0.0996. The van der Waals surface area contributed by atoms with Crippen molar-refractivity contribution in [2.45, 2.75) is 10.7 Å². The summed E-state index contributed by atoms with van der Waals surface area (Å²) in [7, 11) is 0. The number of halogens is 2. The molecule has 1 N–H and O–H groups in total. The molecule has 0 aliphatic heterocycles. The number of carbonyl (C=O) groups is 1. The van der Waals surface area contributed by atoms with Crippen LogP contribution in [0, 0.1) is 0 Å². The van der Waals surface area contributed by atoms with Crippen LogP contribution in [0.5, 0.6) is 0 Å². The number of benzene rings is 1. The van der Waals surface area contributed by atoms with Crippen molar-refractivity contribution in [2.75, 3.05) is 5.32 Å². The third-order valence-corrected chi connectivity index (χ3v) is 4.19. The Morgan fingerprint density at radius 2 is 2.24 bits per heavy atom. The van der Waals surface area contributed by atoms with E-state index < -0.39 is 11.7 Å². The van der Waals surface area contributed by atoms with Gasteiger partial charge in [0.1, 0.15) is 0 Å². The third-order valence-electron chi connectivity index (χ3n) is 2.55. The summed E-state index contributed by atoms with van der Waals surface area (Å²) in [6.45, 7) is 0. The van der Waals surface area contributed by atoms with Gasteiger partial charge in [-0.15, -0.1) is 0 Å². The number of hydrogen-bond donors (Lipinski definition) is 1. The van der Waals surface area contributed by atoms with E-state index in [0.29, 0.717) is 27.3 Å². The van der Waals surface area contributed by atoms with Crippen LogP contribution < -0.4 is 5.32 Å². The SMILES string of the molecule is O=C(Nc1nc2ccc(SC(F)F)cc2s1)c1ccco1. The number of amides is 1. The second kappa shape index (κ2) is 5.82. The Balaban J connectivity index is 1.82. The van der Waals surface area contributed by atoms with Crippen LogP contribution in [0.2, 0.25) is 0 Å². The molecule has 0 aliphatic rings. The summed E-state index contributed by atoms with van der Waals surface area (Å²) in [6.07, 6.45) is 1.40. The van der Waals surface area contributed by atoms with Gasteiger partial charge in [0.2, 0.25) is 0 Å². The van der Waals surface area contributed by atoms with E-state index in [-0.39, 0.29) is 5.76 Å². The molecule has 0 saturated heterocycles. The second-order valence-electron chi connectivity index (χ2n) is 3.96. The highest BCUT2D eigenvalue weighted by atomic mass is 32.2. The van der Waals surface area contributed by atoms with E-state index in [1.165, 1.54) is 17.6 Å². The van der Waals surface area contributed by atoms with E-state index in [4.69, 9.17) is 4.42 Å². The van der Waals surface area contributed by atoms with Gasteiger partial charge >= 0.3 is 0 Å². The van der Waals surface area contributed by atoms with E-state index in [9.17, 15) is 13.6 Å². The molecule has 108 valence electrons. The van der Waals surface area contributed by atoms with E-state index in [1.807, 2.05) is 0 Å². The van der Waals surface area contributed by atoms with Crippen LogP contribution >= 0.6 is 23.1 Å². The van der Waals surface area contributed by atoms with Crippen molar-refractivity contribution < 1.29 is 18.0 Å². The number of nitrogens with zero attached hydrogens (tertiary/aromatic N) is 1. The Bertz CT molecular complexity index is 772. The number of anilines is 1. The fourth-order valence-corrected chi connectivity index (χ4v) is 3.21. The topological polar surface area (TPSA) is 55.1 Å². The molecule has 0 fully saturated rings. The zero-order valence-corrected chi connectivity index (χ0v) is 12.0. The van der Waals surface area contributed by atoms with Gasteiger partial charge in [0.25, 0.3) is 11.7 Å². The smallest absolute Gasteiger partial charge is 0.293 e. The van der Waals surface area contributed by atoms with Crippen LogP contribution in [-0.2, 0) is 0 Å². The van der Waals surface area contributed by atoms with E-state index in [0.717, 1.165) is 4.70 Å². The van der Waals surface area contributed by atoms with Gasteiger partial charge in [0, 0.05) is 4.90 Å². The van der Waals surface area contributed by atoms with Crippen LogP contribution in [0.25, 0.3) is 10.2 Å². The zero-order valence-electron chi connectivity index (χ0n) is 10.4. The fraction of sp³-hybridized carbons (Fsp3) is 0.0769. The van der Waals surface area contributed by atoms with Gasteiger partial charge in [0.15, 0.2) is 10.9 Å². The summed E-state index contributed by atoms with van der Waals surface area (Å²) in [5, 5.41) is 3.01. The Labute approximate surface area is 126 Å². The predicted molar refractivity (Wildman–Crippen MR) is 78.1 cm³/mol. The molecular weight excluding hydrogens is 318 g/mol. The molecular formula is C13H8F2N2O2S2. The Morgan fingerprint density at radius 1 is 1.38 bits per heavy atom. The van der Waals surface area contributed by atoms with E-state index in [2.05, 4.69) is 10.3 Å². The first-order chi connectivity index (χ1) is 10.1. The van der Waals surface area contributed by atoms with Gasteiger partial charge in [-0.2, -0.15) is 8.78 Å². The largest absolute Gasteiger partial charge is 0.459 e. The van der Waals surface area contributed by atoms with Crippen molar-refractivity contribution in [3.05, 3.63) is 42.4 Å².